The molecule has 0 amide bonds. The van der Waals surface area contributed by atoms with Crippen molar-refractivity contribution in [2.24, 2.45) is 7.05 Å². The van der Waals surface area contributed by atoms with E-state index in [1.54, 1.807) is 4.68 Å². The third kappa shape index (κ3) is 2.81. The molecule has 1 aromatic rings. The van der Waals surface area contributed by atoms with Crippen LogP contribution in [0.15, 0.2) is 4.47 Å². The maximum atomic E-state index is 12.1. The van der Waals surface area contributed by atoms with Crippen molar-refractivity contribution in [1.29, 1.82) is 0 Å². The van der Waals surface area contributed by atoms with Crippen LogP contribution in [0.25, 0.3) is 0 Å². The summed E-state index contributed by atoms with van der Waals surface area (Å²) in [7, 11) is 1.85. The number of halogens is 1. The molecule has 100 valence electrons. The Morgan fingerprint density at radius 3 is 2.89 bits per heavy atom. The van der Waals surface area contributed by atoms with E-state index in [0.717, 1.165) is 22.3 Å². The van der Waals surface area contributed by atoms with Crippen LogP contribution in [-0.2, 0) is 34.2 Å². The summed E-state index contributed by atoms with van der Waals surface area (Å²) in [5.41, 5.74) is 1.87. The quantitative estimate of drug-likeness (QED) is 0.839. The van der Waals surface area contributed by atoms with E-state index in [1.807, 2.05) is 14.0 Å². The summed E-state index contributed by atoms with van der Waals surface area (Å²) in [6, 6.07) is 0. The highest BCUT2D eigenvalue weighted by atomic mass is 79.9. The first-order chi connectivity index (χ1) is 8.63. The summed E-state index contributed by atoms with van der Waals surface area (Å²) in [6.07, 6.45) is 0.717. The second-order valence-corrected chi connectivity index (χ2v) is 5.05. The van der Waals surface area contributed by atoms with Crippen LogP contribution < -0.4 is 0 Å². The van der Waals surface area contributed by atoms with E-state index in [4.69, 9.17) is 9.47 Å². The third-order valence-electron chi connectivity index (χ3n) is 3.02. The van der Waals surface area contributed by atoms with Crippen molar-refractivity contribution in [2.75, 3.05) is 19.8 Å². The van der Waals surface area contributed by atoms with Crippen LogP contribution in [0.2, 0.25) is 0 Å². The standard InChI is InChI=1S/C12H17BrN2O3/c1-3-8-12(13)9(15(2)14-8)6-10(16)11-7-17-4-5-18-11/h11H,3-7H2,1-2H3. The molecule has 18 heavy (non-hydrogen) atoms. The fraction of sp³-hybridized carbons (Fsp3) is 0.667. The van der Waals surface area contributed by atoms with Gasteiger partial charge in [0.05, 0.1) is 42.1 Å². The molecule has 1 fully saturated rings. The van der Waals surface area contributed by atoms with Crippen molar-refractivity contribution in [3.05, 3.63) is 15.9 Å². The minimum atomic E-state index is -0.439. The zero-order chi connectivity index (χ0) is 13.1. The first-order valence-electron chi connectivity index (χ1n) is 6.05. The number of carbonyl (C=O) groups excluding carboxylic acids is 1. The fourth-order valence-corrected chi connectivity index (χ4v) is 2.72. The molecule has 1 aromatic heterocycles. The Bertz CT molecular complexity index is 439. The Morgan fingerprint density at radius 2 is 2.33 bits per heavy atom. The number of carbonyl (C=O) groups is 1. The van der Waals surface area contributed by atoms with E-state index in [0.29, 0.717) is 26.2 Å². The number of nitrogens with zero attached hydrogens (tertiary/aromatic N) is 2. The van der Waals surface area contributed by atoms with Gasteiger partial charge in [0.15, 0.2) is 5.78 Å². The maximum Gasteiger partial charge on any atom is 0.169 e. The molecule has 2 rings (SSSR count). The van der Waals surface area contributed by atoms with Gasteiger partial charge in [0.25, 0.3) is 0 Å². The van der Waals surface area contributed by atoms with Crippen LogP contribution in [0.5, 0.6) is 0 Å². The molecule has 5 nitrogen and oxygen atoms in total. The number of Topliss-reactive ketones (excluding diaryl/α,β-unsaturated/α-hetero) is 1. The normalized spacial score (nSPS) is 20.1. The lowest BCUT2D eigenvalue weighted by Gasteiger charge is -2.21. The number of aromatic nitrogens is 2. The average molecular weight is 317 g/mol. The number of hydrogen-bond acceptors (Lipinski definition) is 4. The lowest BCUT2D eigenvalue weighted by Crippen LogP contribution is -2.36. The maximum absolute atomic E-state index is 12.1. The van der Waals surface area contributed by atoms with Gasteiger partial charge >= 0.3 is 0 Å². The van der Waals surface area contributed by atoms with Crippen molar-refractivity contribution in [2.45, 2.75) is 25.9 Å². The first-order valence-corrected chi connectivity index (χ1v) is 6.85. The molecule has 0 saturated carbocycles. The molecule has 2 heterocycles. The van der Waals surface area contributed by atoms with Crippen molar-refractivity contribution in [1.82, 2.24) is 9.78 Å². The van der Waals surface area contributed by atoms with E-state index in [1.165, 1.54) is 0 Å². The van der Waals surface area contributed by atoms with Gasteiger partial charge in [0, 0.05) is 7.05 Å². The predicted octanol–water partition coefficient (Wildman–Crippen LogP) is 1.27. The van der Waals surface area contributed by atoms with Gasteiger partial charge in [-0.3, -0.25) is 9.48 Å². The molecule has 1 unspecified atom stereocenters. The summed E-state index contributed by atoms with van der Waals surface area (Å²) < 4.78 is 13.3. The van der Waals surface area contributed by atoms with Gasteiger partial charge in [0.1, 0.15) is 6.10 Å². The summed E-state index contributed by atoms with van der Waals surface area (Å²) in [4.78, 5) is 12.1. The Labute approximate surface area is 115 Å². The molecule has 0 aromatic carbocycles. The van der Waals surface area contributed by atoms with Crippen LogP contribution in [0.3, 0.4) is 0 Å². The highest BCUT2D eigenvalue weighted by Crippen LogP contribution is 2.22. The van der Waals surface area contributed by atoms with Crippen molar-refractivity contribution < 1.29 is 14.3 Å². The monoisotopic (exact) mass is 316 g/mol. The molecular formula is C12H17BrN2O3. The molecular weight excluding hydrogens is 300 g/mol. The van der Waals surface area contributed by atoms with Gasteiger partial charge in [-0.2, -0.15) is 5.10 Å². The molecule has 0 aliphatic carbocycles. The smallest absolute Gasteiger partial charge is 0.169 e. The van der Waals surface area contributed by atoms with Crippen molar-refractivity contribution in [3.63, 3.8) is 0 Å². The van der Waals surface area contributed by atoms with Crippen molar-refractivity contribution in [3.8, 4) is 0 Å². The van der Waals surface area contributed by atoms with Gasteiger partial charge in [0.2, 0.25) is 0 Å². The van der Waals surface area contributed by atoms with Crippen LogP contribution >= 0.6 is 15.9 Å². The van der Waals surface area contributed by atoms with E-state index < -0.39 is 6.10 Å². The first kappa shape index (κ1) is 13.7. The van der Waals surface area contributed by atoms with Gasteiger partial charge in [-0.1, -0.05) is 6.92 Å². The Morgan fingerprint density at radius 1 is 1.56 bits per heavy atom. The lowest BCUT2D eigenvalue weighted by molar-refractivity contribution is -0.144. The Kier molecular flexibility index (Phi) is 4.53. The van der Waals surface area contributed by atoms with E-state index in [2.05, 4.69) is 21.0 Å². The number of rotatable bonds is 4. The largest absolute Gasteiger partial charge is 0.376 e. The van der Waals surface area contributed by atoms with E-state index in [-0.39, 0.29) is 5.78 Å². The van der Waals surface area contributed by atoms with Crippen LogP contribution in [0.1, 0.15) is 18.3 Å². The van der Waals surface area contributed by atoms with Gasteiger partial charge in [-0.05, 0) is 22.4 Å². The molecule has 0 radical (unpaired) electrons. The Balaban J connectivity index is 2.08. The van der Waals surface area contributed by atoms with Crippen LogP contribution in [0.4, 0.5) is 0 Å². The second kappa shape index (κ2) is 5.95. The summed E-state index contributed by atoms with van der Waals surface area (Å²) in [5, 5.41) is 4.37. The summed E-state index contributed by atoms with van der Waals surface area (Å²) in [5.74, 6) is 0.0426. The van der Waals surface area contributed by atoms with Gasteiger partial charge < -0.3 is 9.47 Å². The zero-order valence-corrected chi connectivity index (χ0v) is 12.2. The Hall–Kier alpha value is -0.720. The van der Waals surface area contributed by atoms with E-state index >= 15 is 0 Å². The molecule has 0 spiro atoms. The number of hydrogen-bond donors (Lipinski definition) is 0. The van der Waals surface area contributed by atoms with E-state index in [9.17, 15) is 4.79 Å². The van der Waals surface area contributed by atoms with Gasteiger partial charge in [-0.25, -0.2) is 0 Å². The third-order valence-corrected chi connectivity index (χ3v) is 3.94. The second-order valence-electron chi connectivity index (χ2n) is 4.26. The molecule has 0 N–H and O–H groups in total. The number of ether oxygens (including phenoxy) is 2. The SMILES string of the molecule is CCc1nn(C)c(CC(=O)C2COCCO2)c1Br. The average Bonchev–Trinajstić information content (AvgIpc) is 2.67. The van der Waals surface area contributed by atoms with Gasteiger partial charge in [-0.15, -0.1) is 0 Å². The van der Waals surface area contributed by atoms with Crippen LogP contribution in [-0.4, -0.2) is 41.5 Å². The zero-order valence-electron chi connectivity index (χ0n) is 10.6. The number of aryl methyl sites for hydroxylation is 2. The summed E-state index contributed by atoms with van der Waals surface area (Å²) >= 11 is 3.51. The lowest BCUT2D eigenvalue weighted by atomic mass is 10.1. The minimum Gasteiger partial charge on any atom is -0.376 e. The molecule has 1 aliphatic heterocycles. The molecule has 1 aliphatic rings. The predicted molar refractivity (Wildman–Crippen MR) is 69.6 cm³/mol. The summed E-state index contributed by atoms with van der Waals surface area (Å²) in [6.45, 7) is 3.45. The molecule has 6 heteroatoms. The highest BCUT2D eigenvalue weighted by molar-refractivity contribution is 9.10. The fourth-order valence-electron chi connectivity index (χ4n) is 1.96. The topological polar surface area (TPSA) is 53.4 Å². The highest BCUT2D eigenvalue weighted by Gasteiger charge is 2.25. The number of ketones is 1. The minimum absolute atomic E-state index is 0.0426. The molecule has 1 saturated heterocycles. The molecule has 0 bridgehead atoms. The van der Waals surface area contributed by atoms with Crippen LogP contribution in [0, 0.1) is 0 Å². The van der Waals surface area contributed by atoms with Crippen molar-refractivity contribution >= 4 is 21.7 Å². The molecule has 1 atom stereocenters.